The number of furan rings is 1. The summed E-state index contributed by atoms with van der Waals surface area (Å²) in [7, 11) is 0. The zero-order chi connectivity index (χ0) is 15.9. The second kappa shape index (κ2) is 5.59. The number of ether oxygens (including phenoxy) is 1. The maximum atomic E-state index is 11.9. The molecule has 3 rings (SSSR count). The molecule has 0 atom stereocenters. The van der Waals surface area contributed by atoms with E-state index in [1.165, 1.54) is 6.07 Å². The maximum Gasteiger partial charge on any atom is 0.336 e. The minimum absolute atomic E-state index is 0.335. The van der Waals surface area contributed by atoms with Gasteiger partial charge in [0.15, 0.2) is 0 Å². The van der Waals surface area contributed by atoms with E-state index in [1.807, 2.05) is 20.8 Å². The number of hydrogen-bond acceptors (Lipinski definition) is 5. The highest BCUT2D eigenvalue weighted by molar-refractivity contribution is 6.03. The first kappa shape index (κ1) is 14.8. The summed E-state index contributed by atoms with van der Waals surface area (Å²) in [5.74, 6) is 0. The van der Waals surface area contributed by atoms with Gasteiger partial charge in [0, 0.05) is 28.9 Å². The lowest BCUT2D eigenvalue weighted by molar-refractivity contribution is 0.128. The molecule has 0 aliphatic carbocycles. The fourth-order valence-electron chi connectivity index (χ4n) is 3.01. The zero-order valence-corrected chi connectivity index (χ0v) is 13.0. The summed E-state index contributed by atoms with van der Waals surface area (Å²) in [5.41, 5.74) is 10.2. The molecule has 0 amide bonds. The Kier molecular flexibility index (Phi) is 3.76. The Balaban J connectivity index is 2.36. The van der Waals surface area contributed by atoms with Crippen molar-refractivity contribution in [2.45, 2.75) is 27.4 Å². The average molecular weight is 301 g/mol. The van der Waals surface area contributed by atoms with Crippen molar-refractivity contribution in [1.82, 2.24) is 0 Å². The van der Waals surface area contributed by atoms with E-state index in [1.54, 1.807) is 6.26 Å². The molecule has 1 aromatic carbocycles. The quantitative estimate of drug-likeness (QED) is 0.592. The van der Waals surface area contributed by atoms with Crippen LogP contribution < -0.4 is 11.4 Å². The molecule has 0 saturated heterocycles. The molecule has 0 bridgehead atoms. The summed E-state index contributed by atoms with van der Waals surface area (Å²) in [5, 5.41) is 1.99. The molecule has 5 heteroatoms. The molecule has 2 N–H and O–H groups in total. The standard InChI is InChI=1S/C17H19NO4/c1-9-7-21-16-11(3)17-15(10(2)14(9)16)12(6-13(19)22-17)8-20-5-4-18/h6-7H,4-5,8,18H2,1-3H3. The Morgan fingerprint density at radius 1 is 1.14 bits per heavy atom. The highest BCUT2D eigenvalue weighted by Gasteiger charge is 2.18. The first-order chi connectivity index (χ1) is 10.5. The third-order valence-electron chi connectivity index (χ3n) is 3.97. The number of rotatable bonds is 4. The number of benzene rings is 1. The molecule has 2 heterocycles. The van der Waals surface area contributed by atoms with E-state index in [2.05, 4.69) is 0 Å². The predicted molar refractivity (Wildman–Crippen MR) is 85.2 cm³/mol. The van der Waals surface area contributed by atoms with Crippen molar-refractivity contribution in [2.24, 2.45) is 5.73 Å². The lowest BCUT2D eigenvalue weighted by Gasteiger charge is -2.12. The molecule has 0 aliphatic rings. The summed E-state index contributed by atoms with van der Waals surface area (Å²) in [6.07, 6.45) is 1.73. The summed E-state index contributed by atoms with van der Waals surface area (Å²) in [6, 6.07) is 1.49. The van der Waals surface area contributed by atoms with E-state index in [0.717, 1.165) is 38.6 Å². The van der Waals surface area contributed by atoms with Crippen molar-refractivity contribution in [3.63, 3.8) is 0 Å². The molecule has 5 nitrogen and oxygen atoms in total. The molecule has 0 aliphatic heterocycles. The Hall–Kier alpha value is -2.11. The highest BCUT2D eigenvalue weighted by Crippen LogP contribution is 2.35. The van der Waals surface area contributed by atoms with Gasteiger partial charge in [-0.1, -0.05) is 0 Å². The third kappa shape index (κ3) is 2.23. The summed E-state index contributed by atoms with van der Waals surface area (Å²) >= 11 is 0. The minimum atomic E-state index is -0.385. The molecule has 22 heavy (non-hydrogen) atoms. The molecule has 0 fully saturated rings. The van der Waals surface area contributed by atoms with Crippen LogP contribution >= 0.6 is 0 Å². The molecular formula is C17H19NO4. The van der Waals surface area contributed by atoms with Crippen molar-refractivity contribution in [3.05, 3.63) is 45.0 Å². The average Bonchev–Trinajstić information content (AvgIpc) is 2.87. The van der Waals surface area contributed by atoms with E-state index >= 15 is 0 Å². The van der Waals surface area contributed by atoms with Crippen LogP contribution in [0.4, 0.5) is 0 Å². The van der Waals surface area contributed by atoms with Crippen molar-refractivity contribution in [3.8, 4) is 0 Å². The van der Waals surface area contributed by atoms with Gasteiger partial charge >= 0.3 is 5.63 Å². The first-order valence-corrected chi connectivity index (χ1v) is 7.26. The summed E-state index contributed by atoms with van der Waals surface area (Å²) in [6.45, 7) is 7.16. The van der Waals surface area contributed by atoms with E-state index < -0.39 is 0 Å². The van der Waals surface area contributed by atoms with E-state index in [0.29, 0.717) is 25.3 Å². The monoisotopic (exact) mass is 301 g/mol. The predicted octanol–water partition coefficient (Wildman–Crippen LogP) is 2.94. The number of hydrogen-bond donors (Lipinski definition) is 1. The van der Waals surface area contributed by atoms with Crippen molar-refractivity contribution in [2.75, 3.05) is 13.2 Å². The molecule has 2 aromatic heterocycles. The fraction of sp³-hybridized carbons (Fsp3) is 0.353. The van der Waals surface area contributed by atoms with E-state index in [-0.39, 0.29) is 5.63 Å². The number of nitrogens with two attached hydrogens (primary N) is 1. The zero-order valence-electron chi connectivity index (χ0n) is 13.0. The molecule has 0 radical (unpaired) electrons. The van der Waals surface area contributed by atoms with Crippen molar-refractivity contribution < 1.29 is 13.6 Å². The minimum Gasteiger partial charge on any atom is -0.464 e. The van der Waals surface area contributed by atoms with Crippen LogP contribution in [0.15, 0.2) is 26.0 Å². The van der Waals surface area contributed by atoms with Crippen LogP contribution in [0.1, 0.15) is 22.3 Å². The topological polar surface area (TPSA) is 78.6 Å². The molecule has 0 spiro atoms. The van der Waals surface area contributed by atoms with Gasteiger partial charge in [0.2, 0.25) is 0 Å². The van der Waals surface area contributed by atoms with Crippen molar-refractivity contribution in [1.29, 1.82) is 0 Å². The van der Waals surface area contributed by atoms with Crippen LogP contribution in [-0.4, -0.2) is 13.2 Å². The maximum absolute atomic E-state index is 11.9. The van der Waals surface area contributed by atoms with Crippen LogP contribution in [0.3, 0.4) is 0 Å². The van der Waals surface area contributed by atoms with Gasteiger partial charge in [-0.3, -0.25) is 0 Å². The lowest BCUT2D eigenvalue weighted by Crippen LogP contribution is -2.10. The van der Waals surface area contributed by atoms with Gasteiger partial charge in [0.05, 0.1) is 19.5 Å². The van der Waals surface area contributed by atoms with Crippen LogP contribution in [0.5, 0.6) is 0 Å². The van der Waals surface area contributed by atoms with Crippen LogP contribution in [0.25, 0.3) is 21.9 Å². The van der Waals surface area contributed by atoms with Gasteiger partial charge in [0.1, 0.15) is 11.2 Å². The summed E-state index contributed by atoms with van der Waals surface area (Å²) in [4.78, 5) is 11.9. The molecule has 0 unspecified atom stereocenters. The Morgan fingerprint density at radius 2 is 1.91 bits per heavy atom. The van der Waals surface area contributed by atoms with Gasteiger partial charge < -0.3 is 19.3 Å². The SMILES string of the molecule is Cc1c2occ(C)c2c(C)c2c(COCCN)cc(=O)oc12. The fourth-order valence-corrected chi connectivity index (χ4v) is 3.01. The molecule has 0 saturated carbocycles. The Labute approximate surface area is 127 Å². The molecular weight excluding hydrogens is 282 g/mol. The van der Waals surface area contributed by atoms with Gasteiger partial charge in [-0.25, -0.2) is 4.79 Å². The normalized spacial score (nSPS) is 11.6. The van der Waals surface area contributed by atoms with Gasteiger partial charge in [0.25, 0.3) is 0 Å². The lowest BCUT2D eigenvalue weighted by atomic mass is 9.97. The van der Waals surface area contributed by atoms with Gasteiger partial charge in [-0.05, 0) is 37.5 Å². The Bertz CT molecular complexity index is 905. The number of fused-ring (bicyclic) bond motifs is 2. The van der Waals surface area contributed by atoms with Crippen LogP contribution in [0, 0.1) is 20.8 Å². The van der Waals surface area contributed by atoms with E-state index in [4.69, 9.17) is 19.3 Å². The largest absolute Gasteiger partial charge is 0.464 e. The molecule has 116 valence electrons. The Morgan fingerprint density at radius 3 is 2.64 bits per heavy atom. The van der Waals surface area contributed by atoms with Gasteiger partial charge in [-0.2, -0.15) is 0 Å². The first-order valence-electron chi connectivity index (χ1n) is 7.26. The smallest absolute Gasteiger partial charge is 0.336 e. The molecule has 3 aromatic rings. The second-order valence-corrected chi connectivity index (χ2v) is 5.51. The highest BCUT2D eigenvalue weighted by atomic mass is 16.5. The second-order valence-electron chi connectivity index (χ2n) is 5.51. The summed E-state index contributed by atoms with van der Waals surface area (Å²) < 4.78 is 16.6. The number of aryl methyl sites for hydroxylation is 3. The van der Waals surface area contributed by atoms with Gasteiger partial charge in [-0.15, -0.1) is 0 Å². The van der Waals surface area contributed by atoms with Crippen LogP contribution in [0.2, 0.25) is 0 Å². The van der Waals surface area contributed by atoms with Crippen molar-refractivity contribution >= 4 is 21.9 Å². The van der Waals surface area contributed by atoms with Crippen LogP contribution in [-0.2, 0) is 11.3 Å². The van der Waals surface area contributed by atoms with E-state index in [9.17, 15) is 4.79 Å². The third-order valence-corrected chi connectivity index (χ3v) is 3.97.